The largest absolute Gasteiger partial charge is 0.477 e. The van der Waals surface area contributed by atoms with E-state index in [1.165, 1.54) is 18.4 Å². The summed E-state index contributed by atoms with van der Waals surface area (Å²) < 4.78 is 10.4. The fraction of sp³-hybridized carbons (Fsp3) is 0.645. The molecule has 1 aromatic carbocycles. The predicted octanol–water partition coefficient (Wildman–Crippen LogP) is -0.437. The molecule has 5 atom stereocenters. The summed E-state index contributed by atoms with van der Waals surface area (Å²) in [5, 5.41) is 65.9. The van der Waals surface area contributed by atoms with Crippen LogP contribution in [-0.4, -0.2) is 112 Å². The summed E-state index contributed by atoms with van der Waals surface area (Å²) in [6, 6.07) is 6.33. The number of aliphatic hydroxyl groups is 5. The molecule has 1 fully saturated rings. The normalized spacial score (nSPS) is 17.0. The van der Waals surface area contributed by atoms with Crippen LogP contribution in [0.15, 0.2) is 24.3 Å². The molecule has 2 rings (SSSR count). The zero-order chi connectivity index (χ0) is 32.5. The van der Waals surface area contributed by atoms with E-state index in [2.05, 4.69) is 16.6 Å². The number of hydrogen-bond donors (Lipinski definition) is 8. The van der Waals surface area contributed by atoms with Crippen molar-refractivity contribution in [2.75, 3.05) is 33.0 Å². The van der Waals surface area contributed by atoms with Crippen LogP contribution in [0.5, 0.6) is 0 Å². The number of aliphatic hydroxyl groups excluding tert-OH is 4. The van der Waals surface area contributed by atoms with Crippen LogP contribution in [0.4, 0.5) is 0 Å². The summed E-state index contributed by atoms with van der Waals surface area (Å²) in [6.07, 6.45) is 3.80. The summed E-state index contributed by atoms with van der Waals surface area (Å²) in [5.74, 6) is -2.96. The number of unbranched alkanes of at least 4 members (excludes halogenated alkanes) is 3. The van der Waals surface area contributed by atoms with Crippen molar-refractivity contribution >= 4 is 17.8 Å². The van der Waals surface area contributed by atoms with Gasteiger partial charge >= 0.3 is 5.97 Å². The first-order chi connectivity index (χ1) is 21.0. The van der Waals surface area contributed by atoms with E-state index in [1.54, 1.807) is 0 Å². The molecule has 0 aromatic heterocycles. The Hall–Kier alpha value is -3.09. The van der Waals surface area contributed by atoms with Gasteiger partial charge in [-0.15, -0.1) is 6.42 Å². The van der Waals surface area contributed by atoms with Gasteiger partial charge in [-0.05, 0) is 49.1 Å². The molecule has 1 saturated carbocycles. The molecule has 0 heterocycles. The Labute approximate surface area is 257 Å². The maximum atomic E-state index is 12.4. The van der Waals surface area contributed by atoms with E-state index >= 15 is 0 Å². The SMILES string of the molecule is C#CCOCCCCCCO[C@](O)(C[C@@H](O)[C@@H](C[C@@H](O)[C@@H](O)CNC(=O)Cc1ccc(C2CC2)cc1)NC(=O)CO)C(=O)O. The predicted molar refractivity (Wildman–Crippen MR) is 158 cm³/mol. The highest BCUT2D eigenvalue weighted by molar-refractivity contribution is 5.78. The third-order valence-corrected chi connectivity index (χ3v) is 7.32. The average Bonchev–Trinajstić information content (AvgIpc) is 3.84. The molecular formula is C31H46N2O11. The molecule has 246 valence electrons. The van der Waals surface area contributed by atoms with Crippen LogP contribution in [0.1, 0.15) is 68.4 Å². The Kier molecular flexibility index (Phi) is 16.3. The standard InChI is InChI=1S/C31H46N2O11/c1-2-13-43-14-5-3-4-6-15-44-31(42,30(40)41)18-26(36)24(33-29(39)20-34)17-25(35)27(37)19-32-28(38)16-21-7-9-22(10-8-21)23-11-12-23/h1,7-10,23-27,34-37,42H,3-6,11-20H2,(H,32,38)(H,33,39)(H,40,41)/t24-,25-,26-,27+,31-/m1/s1. The van der Waals surface area contributed by atoms with Crippen molar-refractivity contribution in [1.82, 2.24) is 10.6 Å². The number of terminal acetylenes is 1. The topological polar surface area (TPSA) is 215 Å². The first-order valence-electron chi connectivity index (χ1n) is 14.9. The fourth-order valence-corrected chi connectivity index (χ4v) is 4.57. The maximum absolute atomic E-state index is 12.4. The summed E-state index contributed by atoms with van der Waals surface area (Å²) in [5.41, 5.74) is 2.02. The molecule has 2 amide bonds. The number of amides is 2. The summed E-state index contributed by atoms with van der Waals surface area (Å²) in [4.78, 5) is 36.1. The number of nitrogens with one attached hydrogen (secondary N) is 2. The number of hydrogen-bond acceptors (Lipinski definition) is 10. The van der Waals surface area contributed by atoms with Crippen molar-refractivity contribution in [3.63, 3.8) is 0 Å². The lowest BCUT2D eigenvalue weighted by Gasteiger charge is -2.32. The molecule has 0 radical (unpaired) electrons. The third kappa shape index (κ3) is 13.7. The molecule has 0 saturated heterocycles. The van der Waals surface area contributed by atoms with E-state index in [4.69, 9.17) is 21.0 Å². The highest BCUT2D eigenvalue weighted by Gasteiger charge is 2.42. The Morgan fingerprint density at radius 2 is 1.64 bits per heavy atom. The van der Waals surface area contributed by atoms with Crippen LogP contribution in [-0.2, 0) is 30.3 Å². The maximum Gasteiger partial charge on any atom is 0.364 e. The van der Waals surface area contributed by atoms with Gasteiger partial charge in [0.15, 0.2) is 0 Å². The third-order valence-electron chi connectivity index (χ3n) is 7.32. The summed E-state index contributed by atoms with van der Waals surface area (Å²) in [7, 11) is 0. The molecule has 0 unspecified atom stereocenters. The van der Waals surface area contributed by atoms with Crippen molar-refractivity contribution < 1.29 is 54.5 Å². The van der Waals surface area contributed by atoms with Crippen molar-refractivity contribution in [1.29, 1.82) is 0 Å². The van der Waals surface area contributed by atoms with Crippen LogP contribution >= 0.6 is 0 Å². The molecule has 13 nitrogen and oxygen atoms in total. The molecule has 1 aromatic rings. The van der Waals surface area contributed by atoms with Crippen molar-refractivity contribution in [2.24, 2.45) is 0 Å². The van der Waals surface area contributed by atoms with Gasteiger partial charge in [0.1, 0.15) is 13.2 Å². The Bertz CT molecular complexity index is 1070. The Balaban J connectivity index is 1.86. The van der Waals surface area contributed by atoms with Crippen LogP contribution < -0.4 is 10.6 Å². The second-order valence-electron chi connectivity index (χ2n) is 11.1. The van der Waals surface area contributed by atoms with E-state index < -0.39 is 61.5 Å². The minimum Gasteiger partial charge on any atom is -0.477 e. The molecule has 1 aliphatic carbocycles. The van der Waals surface area contributed by atoms with Gasteiger partial charge in [-0.25, -0.2) is 4.79 Å². The molecule has 8 N–H and O–H groups in total. The van der Waals surface area contributed by atoms with Crippen LogP contribution in [0.2, 0.25) is 0 Å². The van der Waals surface area contributed by atoms with Gasteiger partial charge in [0.25, 0.3) is 5.79 Å². The second kappa shape index (κ2) is 19.3. The molecular weight excluding hydrogens is 576 g/mol. The number of carbonyl (C=O) groups excluding carboxylic acids is 2. The first-order valence-corrected chi connectivity index (χ1v) is 14.9. The molecule has 44 heavy (non-hydrogen) atoms. The zero-order valence-corrected chi connectivity index (χ0v) is 24.9. The minimum atomic E-state index is -2.81. The lowest BCUT2D eigenvalue weighted by molar-refractivity contribution is -0.234. The fourth-order valence-electron chi connectivity index (χ4n) is 4.57. The van der Waals surface area contributed by atoms with Gasteiger partial charge in [-0.2, -0.15) is 0 Å². The Morgan fingerprint density at radius 3 is 2.23 bits per heavy atom. The van der Waals surface area contributed by atoms with E-state index in [1.807, 2.05) is 24.3 Å². The number of carboxylic acid groups (broad SMARTS) is 1. The van der Waals surface area contributed by atoms with E-state index in [0.717, 1.165) is 18.4 Å². The monoisotopic (exact) mass is 622 g/mol. The molecule has 0 spiro atoms. The summed E-state index contributed by atoms with van der Waals surface area (Å²) >= 11 is 0. The van der Waals surface area contributed by atoms with Crippen LogP contribution in [0, 0.1) is 12.3 Å². The lowest BCUT2D eigenvalue weighted by Crippen LogP contribution is -2.53. The van der Waals surface area contributed by atoms with Crippen LogP contribution in [0.25, 0.3) is 0 Å². The zero-order valence-electron chi connectivity index (χ0n) is 24.9. The number of carboxylic acids is 1. The molecule has 13 heteroatoms. The molecule has 0 aliphatic heterocycles. The van der Waals surface area contributed by atoms with Gasteiger partial charge in [-0.3, -0.25) is 9.59 Å². The Morgan fingerprint density at radius 1 is 0.977 bits per heavy atom. The van der Waals surface area contributed by atoms with Crippen molar-refractivity contribution in [3.8, 4) is 12.3 Å². The smallest absolute Gasteiger partial charge is 0.364 e. The number of benzene rings is 1. The van der Waals surface area contributed by atoms with Gasteiger partial charge in [0, 0.05) is 19.6 Å². The second-order valence-corrected chi connectivity index (χ2v) is 11.1. The van der Waals surface area contributed by atoms with Crippen molar-refractivity contribution in [3.05, 3.63) is 35.4 Å². The first kappa shape index (κ1) is 37.1. The van der Waals surface area contributed by atoms with Gasteiger partial charge < -0.3 is 50.7 Å². The summed E-state index contributed by atoms with van der Waals surface area (Å²) in [6.45, 7) is -0.736. The average molecular weight is 623 g/mol. The highest BCUT2D eigenvalue weighted by Crippen LogP contribution is 2.39. The van der Waals surface area contributed by atoms with E-state index in [-0.39, 0.29) is 32.1 Å². The lowest BCUT2D eigenvalue weighted by atomic mass is 9.95. The van der Waals surface area contributed by atoms with Crippen molar-refractivity contribution in [2.45, 2.75) is 93.8 Å². The van der Waals surface area contributed by atoms with Crippen LogP contribution in [0.3, 0.4) is 0 Å². The quantitative estimate of drug-likeness (QED) is 0.0445. The highest BCUT2D eigenvalue weighted by atomic mass is 16.6. The number of carbonyl (C=O) groups is 3. The van der Waals surface area contributed by atoms with E-state index in [9.17, 15) is 39.9 Å². The molecule has 1 aliphatic rings. The van der Waals surface area contributed by atoms with Gasteiger partial charge in [0.05, 0.1) is 37.4 Å². The van der Waals surface area contributed by atoms with Gasteiger partial charge in [-0.1, -0.05) is 43.0 Å². The van der Waals surface area contributed by atoms with E-state index in [0.29, 0.717) is 25.4 Å². The molecule has 0 bridgehead atoms. The minimum absolute atomic E-state index is 0.0658. The number of ether oxygens (including phenoxy) is 2. The van der Waals surface area contributed by atoms with Gasteiger partial charge in [0.2, 0.25) is 11.8 Å². The number of aliphatic carboxylic acids is 1. The number of rotatable bonds is 23.